The lowest BCUT2D eigenvalue weighted by Crippen LogP contribution is -2.37. The minimum Gasteiger partial charge on any atom is -0.494 e. The van der Waals surface area contributed by atoms with Crippen LogP contribution in [0.4, 0.5) is 5.69 Å². The number of benzene rings is 2. The Morgan fingerprint density at radius 1 is 1.28 bits per heavy atom. The molecule has 1 fully saturated rings. The molecule has 7 heteroatoms. The molecule has 1 heterocycles. The van der Waals surface area contributed by atoms with Crippen LogP contribution in [0.1, 0.15) is 35.7 Å². The normalized spacial score (nSPS) is 16.5. The lowest BCUT2D eigenvalue weighted by molar-refractivity contribution is 0.0975. The van der Waals surface area contributed by atoms with E-state index in [0.29, 0.717) is 29.7 Å². The van der Waals surface area contributed by atoms with Crippen LogP contribution in [-0.4, -0.2) is 37.7 Å². The van der Waals surface area contributed by atoms with Gasteiger partial charge in [0.25, 0.3) is 5.91 Å². The van der Waals surface area contributed by atoms with E-state index in [1.807, 2.05) is 26.0 Å². The second-order valence-corrected chi connectivity index (χ2v) is 7.26. The van der Waals surface area contributed by atoms with E-state index in [1.165, 1.54) is 0 Å². The van der Waals surface area contributed by atoms with Crippen molar-refractivity contribution in [3.63, 3.8) is 0 Å². The first-order valence-corrected chi connectivity index (χ1v) is 10.2. The van der Waals surface area contributed by atoms with E-state index in [9.17, 15) is 4.79 Å². The smallest absolute Gasteiger partial charge is 0.257 e. The summed E-state index contributed by atoms with van der Waals surface area (Å²) < 4.78 is 11.1. The first-order valence-electron chi connectivity index (χ1n) is 9.78. The Kier molecular flexibility index (Phi) is 7.49. The summed E-state index contributed by atoms with van der Waals surface area (Å²) in [6.45, 7) is 5.69. The Bertz CT molecular complexity index is 862. The molecule has 3 rings (SSSR count). The summed E-state index contributed by atoms with van der Waals surface area (Å²) >= 11 is 6.05. The number of halogens is 1. The molecule has 0 aliphatic carbocycles. The fraction of sp³-hybridized carbons (Fsp3) is 0.364. The molecule has 0 saturated carbocycles. The SMILES string of the molecule is CCOc1ccc(C(=O)NC(=NC[C@H]2CCCO2)Nc2ccc(Cl)cc2C)cc1. The molecule has 0 unspecified atom stereocenters. The van der Waals surface area contributed by atoms with Crippen LogP contribution in [0.2, 0.25) is 5.02 Å². The van der Waals surface area contributed by atoms with Gasteiger partial charge in [-0.25, -0.2) is 4.99 Å². The number of ether oxygens (including phenoxy) is 2. The summed E-state index contributed by atoms with van der Waals surface area (Å²) in [5.74, 6) is 0.856. The van der Waals surface area contributed by atoms with E-state index >= 15 is 0 Å². The van der Waals surface area contributed by atoms with Gasteiger partial charge < -0.3 is 14.8 Å². The summed E-state index contributed by atoms with van der Waals surface area (Å²) in [4.78, 5) is 17.3. The van der Waals surface area contributed by atoms with Gasteiger partial charge in [-0.2, -0.15) is 0 Å². The van der Waals surface area contributed by atoms with E-state index in [1.54, 1.807) is 30.3 Å². The maximum atomic E-state index is 12.7. The van der Waals surface area contributed by atoms with Crippen molar-refractivity contribution in [3.8, 4) is 5.75 Å². The minimum atomic E-state index is -0.252. The molecule has 2 aromatic rings. The molecule has 0 radical (unpaired) electrons. The molecule has 1 aliphatic rings. The number of aliphatic imine (C=N–C) groups is 1. The number of carbonyl (C=O) groups excluding carboxylic acids is 1. The van der Waals surface area contributed by atoms with Gasteiger partial charge in [0.1, 0.15) is 5.75 Å². The lowest BCUT2D eigenvalue weighted by Gasteiger charge is -2.15. The topological polar surface area (TPSA) is 72.0 Å². The average Bonchev–Trinajstić information content (AvgIpc) is 3.22. The molecule has 1 saturated heterocycles. The Morgan fingerprint density at radius 2 is 2.07 bits per heavy atom. The van der Waals surface area contributed by atoms with Gasteiger partial charge in [0.2, 0.25) is 5.96 Å². The zero-order valence-electron chi connectivity index (χ0n) is 16.7. The van der Waals surface area contributed by atoms with Crippen molar-refractivity contribution in [1.29, 1.82) is 0 Å². The minimum absolute atomic E-state index is 0.0838. The molecule has 2 N–H and O–H groups in total. The fourth-order valence-corrected chi connectivity index (χ4v) is 3.26. The zero-order valence-corrected chi connectivity index (χ0v) is 17.5. The van der Waals surface area contributed by atoms with Crippen LogP contribution in [0.5, 0.6) is 5.75 Å². The lowest BCUT2D eigenvalue weighted by atomic mass is 10.2. The number of aryl methyl sites for hydroxylation is 1. The standard InChI is InChI=1S/C22H26ClN3O3/c1-3-28-18-9-6-16(7-10-18)21(27)26-22(24-14-19-5-4-12-29-19)25-20-11-8-17(23)13-15(20)2/h6-11,13,19H,3-5,12,14H2,1-2H3,(H2,24,25,26,27)/t19-/m1/s1. The van der Waals surface area contributed by atoms with Crippen LogP contribution >= 0.6 is 11.6 Å². The number of rotatable bonds is 6. The Hall–Kier alpha value is -2.57. The van der Waals surface area contributed by atoms with Crippen LogP contribution < -0.4 is 15.4 Å². The summed E-state index contributed by atoms with van der Waals surface area (Å²) in [6.07, 6.45) is 2.10. The van der Waals surface area contributed by atoms with Gasteiger partial charge in [0, 0.05) is 22.9 Å². The Labute approximate surface area is 176 Å². The summed E-state index contributed by atoms with van der Waals surface area (Å²) in [5.41, 5.74) is 2.30. The van der Waals surface area contributed by atoms with Crippen LogP contribution in [0.25, 0.3) is 0 Å². The highest BCUT2D eigenvalue weighted by Crippen LogP contribution is 2.20. The number of nitrogens with one attached hydrogen (secondary N) is 2. The molecule has 0 bridgehead atoms. The molecule has 1 amide bonds. The Morgan fingerprint density at radius 3 is 2.72 bits per heavy atom. The largest absolute Gasteiger partial charge is 0.494 e. The van der Waals surface area contributed by atoms with Gasteiger partial charge in [-0.15, -0.1) is 0 Å². The van der Waals surface area contributed by atoms with E-state index in [4.69, 9.17) is 21.1 Å². The second-order valence-electron chi connectivity index (χ2n) is 6.82. The summed E-state index contributed by atoms with van der Waals surface area (Å²) in [6, 6.07) is 12.5. The molecule has 154 valence electrons. The van der Waals surface area contributed by atoms with Crippen molar-refractivity contribution in [2.75, 3.05) is 25.1 Å². The molecule has 1 atom stereocenters. The molecule has 29 heavy (non-hydrogen) atoms. The Balaban J connectivity index is 1.74. The van der Waals surface area contributed by atoms with Crippen molar-refractivity contribution >= 4 is 29.2 Å². The van der Waals surface area contributed by atoms with Gasteiger partial charge in [0.05, 0.1) is 19.3 Å². The van der Waals surface area contributed by atoms with Crippen molar-refractivity contribution < 1.29 is 14.3 Å². The van der Waals surface area contributed by atoms with E-state index in [0.717, 1.165) is 36.4 Å². The number of anilines is 1. The number of carbonyl (C=O) groups is 1. The number of hydrogen-bond donors (Lipinski definition) is 2. The van der Waals surface area contributed by atoms with Crippen molar-refractivity contribution in [2.24, 2.45) is 4.99 Å². The van der Waals surface area contributed by atoms with Gasteiger partial charge >= 0.3 is 0 Å². The fourth-order valence-electron chi connectivity index (χ4n) is 3.04. The van der Waals surface area contributed by atoms with Crippen LogP contribution in [-0.2, 0) is 4.74 Å². The third-order valence-electron chi connectivity index (χ3n) is 4.58. The van der Waals surface area contributed by atoms with Gasteiger partial charge in [-0.05, 0) is 74.7 Å². The molecule has 6 nitrogen and oxygen atoms in total. The van der Waals surface area contributed by atoms with E-state index in [-0.39, 0.29) is 12.0 Å². The summed E-state index contributed by atoms with van der Waals surface area (Å²) in [7, 11) is 0. The zero-order chi connectivity index (χ0) is 20.6. The monoisotopic (exact) mass is 415 g/mol. The molecular weight excluding hydrogens is 390 g/mol. The van der Waals surface area contributed by atoms with E-state index < -0.39 is 0 Å². The number of amides is 1. The molecule has 0 aromatic heterocycles. The number of guanidine groups is 1. The predicted molar refractivity (Wildman–Crippen MR) is 116 cm³/mol. The highest BCUT2D eigenvalue weighted by molar-refractivity contribution is 6.30. The third-order valence-corrected chi connectivity index (χ3v) is 4.81. The highest BCUT2D eigenvalue weighted by atomic mass is 35.5. The first-order chi connectivity index (χ1) is 14.0. The predicted octanol–water partition coefficient (Wildman–Crippen LogP) is 4.42. The number of nitrogens with zero attached hydrogens (tertiary/aromatic N) is 1. The molecule has 1 aliphatic heterocycles. The average molecular weight is 416 g/mol. The van der Waals surface area contributed by atoms with Gasteiger partial charge in [-0.3, -0.25) is 10.1 Å². The summed E-state index contributed by atoms with van der Waals surface area (Å²) in [5, 5.41) is 6.74. The van der Waals surface area contributed by atoms with Crippen molar-refractivity contribution in [2.45, 2.75) is 32.8 Å². The highest BCUT2D eigenvalue weighted by Gasteiger charge is 2.16. The second kappa shape index (κ2) is 10.3. The van der Waals surface area contributed by atoms with Crippen LogP contribution in [0.3, 0.4) is 0 Å². The van der Waals surface area contributed by atoms with Crippen LogP contribution in [0, 0.1) is 6.92 Å². The molecule has 0 spiro atoms. The third kappa shape index (κ3) is 6.21. The van der Waals surface area contributed by atoms with Gasteiger partial charge in [-0.1, -0.05) is 11.6 Å². The number of hydrogen-bond acceptors (Lipinski definition) is 4. The quantitative estimate of drug-likeness (QED) is 0.541. The maximum Gasteiger partial charge on any atom is 0.257 e. The van der Waals surface area contributed by atoms with Crippen molar-refractivity contribution in [1.82, 2.24) is 5.32 Å². The molecular formula is C22H26ClN3O3. The van der Waals surface area contributed by atoms with Gasteiger partial charge in [0.15, 0.2) is 0 Å². The maximum absolute atomic E-state index is 12.7. The van der Waals surface area contributed by atoms with Crippen molar-refractivity contribution in [3.05, 3.63) is 58.6 Å². The first kappa shape index (κ1) is 21.1. The molecule has 2 aromatic carbocycles. The van der Waals surface area contributed by atoms with E-state index in [2.05, 4.69) is 15.6 Å². The van der Waals surface area contributed by atoms with Crippen LogP contribution in [0.15, 0.2) is 47.5 Å².